The van der Waals surface area contributed by atoms with Crippen molar-refractivity contribution in [3.63, 3.8) is 0 Å². The summed E-state index contributed by atoms with van der Waals surface area (Å²) < 4.78 is 0. The maximum absolute atomic E-state index is 12.9. The van der Waals surface area contributed by atoms with E-state index >= 15 is 0 Å². The number of likely N-dealkylation sites (N-methyl/N-ethyl adjacent to an activating group) is 1. The van der Waals surface area contributed by atoms with Gasteiger partial charge in [0.15, 0.2) is 0 Å². The van der Waals surface area contributed by atoms with Crippen molar-refractivity contribution in [2.75, 3.05) is 25.5 Å². The molecule has 1 saturated heterocycles. The smallest absolute Gasteiger partial charge is 0.255 e. The summed E-state index contributed by atoms with van der Waals surface area (Å²) in [4.78, 5) is 27.3. The van der Waals surface area contributed by atoms with Crippen molar-refractivity contribution in [1.82, 2.24) is 10.2 Å². The van der Waals surface area contributed by atoms with Gasteiger partial charge in [-0.3, -0.25) is 9.59 Å². The number of amides is 2. The van der Waals surface area contributed by atoms with Gasteiger partial charge < -0.3 is 15.5 Å². The Morgan fingerprint density at radius 2 is 1.88 bits per heavy atom. The van der Waals surface area contributed by atoms with Crippen molar-refractivity contribution in [2.45, 2.75) is 25.8 Å². The summed E-state index contributed by atoms with van der Waals surface area (Å²) in [6.07, 6.45) is 2.05. The summed E-state index contributed by atoms with van der Waals surface area (Å²) in [6, 6.07) is 14.8. The van der Waals surface area contributed by atoms with Gasteiger partial charge in [-0.15, -0.1) is 0 Å². The molecule has 2 amide bonds. The molecule has 5 nitrogen and oxygen atoms in total. The minimum absolute atomic E-state index is 0.0259. The number of benzene rings is 2. The van der Waals surface area contributed by atoms with E-state index in [2.05, 4.69) is 10.6 Å². The molecule has 26 heavy (non-hydrogen) atoms. The summed E-state index contributed by atoms with van der Waals surface area (Å²) in [5.74, 6) is -0.148. The third-order valence-corrected chi connectivity index (χ3v) is 4.85. The first-order valence-electron chi connectivity index (χ1n) is 9.03. The maximum Gasteiger partial charge on any atom is 0.255 e. The summed E-state index contributed by atoms with van der Waals surface area (Å²) in [5.41, 5.74) is 2.81. The molecule has 136 valence electrons. The van der Waals surface area contributed by atoms with Gasteiger partial charge in [-0.1, -0.05) is 24.3 Å². The highest BCUT2D eigenvalue weighted by molar-refractivity contribution is 6.05. The summed E-state index contributed by atoms with van der Waals surface area (Å²) >= 11 is 0. The van der Waals surface area contributed by atoms with Gasteiger partial charge in [0.2, 0.25) is 0 Å². The number of carbonyl (C=O) groups is 2. The summed E-state index contributed by atoms with van der Waals surface area (Å²) in [7, 11) is 1.91. The third kappa shape index (κ3) is 3.94. The van der Waals surface area contributed by atoms with Gasteiger partial charge in [0.1, 0.15) is 0 Å². The molecule has 2 aromatic carbocycles. The van der Waals surface area contributed by atoms with Crippen LogP contribution in [0.4, 0.5) is 5.69 Å². The summed E-state index contributed by atoms with van der Waals surface area (Å²) in [6.45, 7) is 3.51. The topological polar surface area (TPSA) is 61.4 Å². The Morgan fingerprint density at radius 3 is 2.62 bits per heavy atom. The van der Waals surface area contributed by atoms with Crippen LogP contribution in [0, 0.1) is 6.92 Å². The number of likely N-dealkylation sites (tertiary alicyclic amines) is 1. The van der Waals surface area contributed by atoms with Crippen LogP contribution in [0.3, 0.4) is 0 Å². The van der Waals surface area contributed by atoms with Crippen molar-refractivity contribution >= 4 is 17.5 Å². The van der Waals surface area contributed by atoms with Gasteiger partial charge in [0.05, 0.1) is 0 Å². The second-order valence-corrected chi connectivity index (χ2v) is 6.70. The molecule has 1 atom stereocenters. The third-order valence-electron chi connectivity index (χ3n) is 4.85. The van der Waals surface area contributed by atoms with Crippen LogP contribution in [0.15, 0.2) is 48.5 Å². The first-order valence-corrected chi connectivity index (χ1v) is 9.03. The van der Waals surface area contributed by atoms with Gasteiger partial charge in [0.25, 0.3) is 11.8 Å². The molecular weight excluding hydrogens is 326 g/mol. The Bertz CT molecular complexity index is 789. The molecule has 3 rings (SSSR count). The lowest BCUT2D eigenvalue weighted by Crippen LogP contribution is -2.40. The Kier molecular flexibility index (Phi) is 5.68. The van der Waals surface area contributed by atoms with Crippen molar-refractivity contribution in [2.24, 2.45) is 0 Å². The van der Waals surface area contributed by atoms with E-state index in [0.717, 1.165) is 31.5 Å². The fraction of sp³-hybridized carbons (Fsp3) is 0.333. The first kappa shape index (κ1) is 18.1. The van der Waals surface area contributed by atoms with Crippen molar-refractivity contribution in [1.29, 1.82) is 0 Å². The molecule has 1 aliphatic heterocycles. The highest BCUT2D eigenvalue weighted by Crippen LogP contribution is 2.23. The second-order valence-electron chi connectivity index (χ2n) is 6.70. The molecule has 0 aromatic heterocycles. The molecule has 0 bridgehead atoms. The van der Waals surface area contributed by atoms with Gasteiger partial charge in [-0.25, -0.2) is 0 Å². The van der Waals surface area contributed by atoms with Gasteiger partial charge in [-0.2, -0.15) is 0 Å². The molecule has 0 saturated carbocycles. The minimum atomic E-state index is -0.174. The number of hydrogen-bond donors (Lipinski definition) is 2. The zero-order valence-corrected chi connectivity index (χ0v) is 15.3. The standard InChI is InChI=1S/C21H25N3O2/c1-15-10-11-17(21(26)24-12-6-9-18(24)14-22-2)13-19(15)23-20(25)16-7-4-3-5-8-16/h3-5,7-8,10-11,13,18,22H,6,9,12,14H2,1-2H3,(H,23,25). The maximum atomic E-state index is 12.9. The monoisotopic (exact) mass is 351 g/mol. The van der Waals surface area contributed by atoms with E-state index in [0.29, 0.717) is 16.8 Å². The van der Waals surface area contributed by atoms with Crippen LogP contribution < -0.4 is 10.6 Å². The lowest BCUT2D eigenvalue weighted by molar-refractivity contribution is 0.0736. The lowest BCUT2D eigenvalue weighted by Gasteiger charge is -2.25. The Hall–Kier alpha value is -2.66. The van der Waals surface area contributed by atoms with Gasteiger partial charge >= 0.3 is 0 Å². The molecule has 2 N–H and O–H groups in total. The number of rotatable bonds is 5. The number of carbonyl (C=O) groups excluding carboxylic acids is 2. The zero-order valence-electron chi connectivity index (χ0n) is 15.3. The normalized spacial score (nSPS) is 16.5. The van der Waals surface area contributed by atoms with Crippen molar-refractivity contribution in [3.8, 4) is 0 Å². The molecule has 2 aromatic rings. The Morgan fingerprint density at radius 1 is 1.12 bits per heavy atom. The van der Waals surface area contributed by atoms with Crippen molar-refractivity contribution < 1.29 is 9.59 Å². The molecule has 1 fully saturated rings. The molecule has 1 aliphatic rings. The van der Waals surface area contributed by atoms with E-state index < -0.39 is 0 Å². The zero-order chi connectivity index (χ0) is 18.5. The number of aryl methyl sites for hydroxylation is 1. The predicted octanol–water partition coefficient (Wildman–Crippen LogP) is 3.07. The van der Waals surface area contributed by atoms with Gasteiger partial charge in [0, 0.05) is 35.9 Å². The quantitative estimate of drug-likeness (QED) is 0.870. The SMILES string of the molecule is CNCC1CCCN1C(=O)c1ccc(C)c(NC(=O)c2ccccc2)c1. The van der Waals surface area contributed by atoms with Crippen LogP contribution in [-0.4, -0.2) is 42.9 Å². The van der Waals surface area contributed by atoms with Crippen LogP contribution in [0.2, 0.25) is 0 Å². The Labute approximate surface area is 154 Å². The molecule has 0 aliphatic carbocycles. The van der Waals surface area contributed by atoms with E-state index in [1.165, 1.54) is 0 Å². The van der Waals surface area contributed by atoms with Crippen LogP contribution in [0.25, 0.3) is 0 Å². The predicted molar refractivity (Wildman–Crippen MR) is 104 cm³/mol. The molecule has 1 heterocycles. The first-order chi connectivity index (χ1) is 12.6. The fourth-order valence-corrected chi connectivity index (χ4v) is 3.39. The van der Waals surface area contributed by atoms with Crippen molar-refractivity contribution in [3.05, 3.63) is 65.2 Å². The highest BCUT2D eigenvalue weighted by Gasteiger charge is 2.29. The van der Waals surface area contributed by atoms with Crippen LogP contribution in [-0.2, 0) is 0 Å². The number of anilines is 1. The van der Waals surface area contributed by atoms with Crippen LogP contribution in [0.1, 0.15) is 39.1 Å². The highest BCUT2D eigenvalue weighted by atomic mass is 16.2. The van der Waals surface area contributed by atoms with Gasteiger partial charge in [-0.05, 0) is 56.6 Å². The summed E-state index contributed by atoms with van der Waals surface area (Å²) in [5, 5.41) is 6.09. The molecule has 5 heteroatoms. The molecule has 0 spiro atoms. The number of nitrogens with one attached hydrogen (secondary N) is 2. The van der Waals surface area contributed by atoms with E-state index in [9.17, 15) is 9.59 Å². The van der Waals surface area contributed by atoms with Crippen LogP contribution in [0.5, 0.6) is 0 Å². The second kappa shape index (κ2) is 8.15. The van der Waals surface area contributed by atoms with E-state index in [1.54, 1.807) is 18.2 Å². The fourth-order valence-electron chi connectivity index (χ4n) is 3.39. The molecular formula is C21H25N3O2. The number of hydrogen-bond acceptors (Lipinski definition) is 3. The van der Waals surface area contributed by atoms with E-state index in [1.807, 2.05) is 49.2 Å². The number of nitrogens with zero attached hydrogens (tertiary/aromatic N) is 1. The largest absolute Gasteiger partial charge is 0.334 e. The average Bonchev–Trinajstić information content (AvgIpc) is 3.12. The van der Waals surface area contributed by atoms with E-state index in [-0.39, 0.29) is 17.9 Å². The Balaban J connectivity index is 1.79. The lowest BCUT2D eigenvalue weighted by atomic mass is 10.1. The van der Waals surface area contributed by atoms with Crippen LogP contribution >= 0.6 is 0 Å². The molecule has 1 unspecified atom stereocenters. The molecule has 0 radical (unpaired) electrons. The van der Waals surface area contributed by atoms with E-state index in [4.69, 9.17) is 0 Å². The average molecular weight is 351 g/mol. The minimum Gasteiger partial charge on any atom is -0.334 e.